The monoisotopic (exact) mass is 861 g/mol. The van der Waals surface area contributed by atoms with Crippen molar-refractivity contribution >= 4 is 39.7 Å². The molecule has 4 aliphatic rings. The van der Waals surface area contributed by atoms with E-state index in [1.807, 2.05) is 0 Å². The average molecular weight is 861 g/mol. The lowest BCUT2D eigenvalue weighted by Crippen LogP contribution is -2.29. The molecule has 2 heteroatoms. The highest BCUT2D eigenvalue weighted by Gasteiger charge is 2.40. The molecule has 0 N–H and O–H groups in total. The summed E-state index contributed by atoms with van der Waals surface area (Å²) in [5.41, 5.74) is 31.9. The summed E-state index contributed by atoms with van der Waals surface area (Å²) in [5.74, 6) is 0.714. The van der Waals surface area contributed by atoms with Crippen LogP contribution in [0.1, 0.15) is 113 Å². The predicted molar refractivity (Wildman–Crippen MR) is 281 cm³/mol. The molecule has 6 bridgehead atoms. The minimum absolute atomic E-state index is 0.163. The van der Waals surface area contributed by atoms with Crippen molar-refractivity contribution in [3.8, 4) is 11.1 Å². The third-order valence-electron chi connectivity index (χ3n) is 15.5. The molecule has 7 aromatic carbocycles. The van der Waals surface area contributed by atoms with Crippen molar-refractivity contribution < 1.29 is 0 Å². The van der Waals surface area contributed by atoms with Crippen molar-refractivity contribution in [1.82, 2.24) is 0 Å². The third-order valence-corrected chi connectivity index (χ3v) is 15.5. The van der Waals surface area contributed by atoms with Gasteiger partial charge >= 0.3 is 0 Å². The molecule has 7 aromatic rings. The molecule has 2 atom stereocenters. The van der Waals surface area contributed by atoms with Crippen LogP contribution < -0.4 is 9.80 Å². The Kier molecular flexibility index (Phi) is 10.4. The van der Waals surface area contributed by atoms with Crippen molar-refractivity contribution in [2.45, 2.75) is 107 Å². The van der Waals surface area contributed by atoms with Gasteiger partial charge in [0.25, 0.3) is 0 Å². The predicted octanol–water partition coefficient (Wildman–Crippen LogP) is 17.5. The number of allylic oxidation sites excluding steroid dienone is 4. The molecule has 1 aliphatic heterocycles. The Hall–Kier alpha value is -6.38. The summed E-state index contributed by atoms with van der Waals surface area (Å²) >= 11 is 0. The van der Waals surface area contributed by atoms with E-state index in [9.17, 15) is 0 Å². The fourth-order valence-electron chi connectivity index (χ4n) is 12.8. The lowest BCUT2D eigenvalue weighted by Gasteiger charge is -2.43. The standard InChI is InChI=1S/C64H64N2/c1-39-29-41(3)60(42(4)30-39)58-34-45-15-13-18-52(33-45)65(51-25-21-47(22-26-51)46-16-11-10-12-17-46)53-19-14-20-54(37-53)66(63-43(5)31-40(2)32-44(63)6)59-38-57(58)55-27-23-48-35-50(64(7,8)9)36-49-24-28-56(59)62(55)61(48)49/h10-22,25-26,29-33,36-38,48,58H,23-24,27-28,34-35H2,1-9H3. The summed E-state index contributed by atoms with van der Waals surface area (Å²) in [4.78, 5) is 5.18. The maximum absolute atomic E-state index is 2.70. The van der Waals surface area contributed by atoms with Gasteiger partial charge in [-0.3, -0.25) is 0 Å². The smallest absolute Gasteiger partial charge is 0.0520 e. The Morgan fingerprint density at radius 2 is 1.14 bits per heavy atom. The van der Waals surface area contributed by atoms with E-state index in [4.69, 9.17) is 0 Å². The quantitative estimate of drug-likeness (QED) is 0.174. The zero-order chi connectivity index (χ0) is 45.6. The fraction of sp³-hybridized carbons (Fsp3) is 0.281. The summed E-state index contributed by atoms with van der Waals surface area (Å²) in [6.07, 6.45) is 9.16. The van der Waals surface area contributed by atoms with Crippen LogP contribution >= 0.6 is 0 Å². The number of nitrogens with zero attached hydrogens (tertiary/aromatic N) is 2. The molecule has 0 spiro atoms. The van der Waals surface area contributed by atoms with Gasteiger partial charge < -0.3 is 9.80 Å². The van der Waals surface area contributed by atoms with E-state index in [1.165, 1.54) is 95.9 Å². The van der Waals surface area contributed by atoms with Crippen LogP contribution in [0.2, 0.25) is 0 Å². The van der Waals surface area contributed by atoms with Crippen molar-refractivity contribution in [3.63, 3.8) is 0 Å². The first-order chi connectivity index (χ1) is 31.8. The second-order valence-electron chi connectivity index (χ2n) is 21.2. The highest BCUT2D eigenvalue weighted by Crippen LogP contribution is 2.57. The molecule has 330 valence electrons. The topological polar surface area (TPSA) is 6.48 Å². The average Bonchev–Trinajstić information content (AvgIpc) is 3.29. The zero-order valence-corrected chi connectivity index (χ0v) is 40.6. The molecule has 0 amide bonds. The summed E-state index contributed by atoms with van der Waals surface area (Å²) in [6, 6.07) is 51.1. The van der Waals surface area contributed by atoms with E-state index in [0.29, 0.717) is 5.92 Å². The van der Waals surface area contributed by atoms with Crippen LogP contribution in [-0.4, -0.2) is 0 Å². The number of hydrogen-bond donors (Lipinski definition) is 0. The van der Waals surface area contributed by atoms with Crippen LogP contribution in [0.5, 0.6) is 0 Å². The summed E-state index contributed by atoms with van der Waals surface area (Å²) in [6.45, 7) is 21.2. The van der Waals surface area contributed by atoms with Gasteiger partial charge in [0.1, 0.15) is 0 Å². The first kappa shape index (κ1) is 42.3. The van der Waals surface area contributed by atoms with Crippen LogP contribution in [0, 0.1) is 52.9 Å². The lowest BCUT2D eigenvalue weighted by molar-refractivity contribution is 0.440. The highest BCUT2D eigenvalue weighted by atomic mass is 15.2. The molecule has 1 heterocycles. The van der Waals surface area contributed by atoms with Crippen LogP contribution in [-0.2, 0) is 19.3 Å². The summed E-state index contributed by atoms with van der Waals surface area (Å²) in [5, 5.41) is 0. The van der Waals surface area contributed by atoms with Gasteiger partial charge in [-0.15, -0.1) is 0 Å². The molecule has 0 saturated heterocycles. The number of benzene rings is 7. The molecule has 0 fully saturated rings. The maximum Gasteiger partial charge on any atom is 0.0520 e. The minimum atomic E-state index is 0.163. The summed E-state index contributed by atoms with van der Waals surface area (Å²) < 4.78 is 0. The number of hydrogen-bond acceptors (Lipinski definition) is 2. The van der Waals surface area contributed by atoms with E-state index in [1.54, 1.807) is 27.8 Å². The van der Waals surface area contributed by atoms with E-state index in [2.05, 4.69) is 212 Å². The Labute approximate surface area is 394 Å². The maximum atomic E-state index is 2.70. The zero-order valence-electron chi connectivity index (χ0n) is 40.6. The second-order valence-corrected chi connectivity index (χ2v) is 21.2. The van der Waals surface area contributed by atoms with E-state index in [0.717, 1.165) is 43.5 Å². The highest BCUT2D eigenvalue weighted by molar-refractivity contribution is 5.92. The Balaban J connectivity index is 1.24. The van der Waals surface area contributed by atoms with Gasteiger partial charge in [-0.05, 0) is 218 Å². The molecule has 0 radical (unpaired) electrons. The number of fused-ring (bicyclic) bond motifs is 8. The number of rotatable bonds is 4. The molecule has 66 heavy (non-hydrogen) atoms. The Morgan fingerprint density at radius 1 is 0.515 bits per heavy atom. The normalized spacial score (nSPS) is 17.7. The molecule has 0 aromatic heterocycles. The molecule has 11 rings (SSSR count). The SMILES string of the molecule is Cc1cc(C)c(C2Cc3cccc(c3)N(c3ccc(-c4ccccc4)cc3)c3cccc(c3)N(c3c(C)cc(C)cc3C)c3cc2c2c4c3CCC3=C4C(CC2)CC(C(C)(C)C)=C3)c(C)c1. The van der Waals surface area contributed by atoms with Gasteiger partial charge in [0.15, 0.2) is 0 Å². The van der Waals surface area contributed by atoms with Crippen molar-refractivity contribution in [2.75, 3.05) is 9.80 Å². The lowest BCUT2D eigenvalue weighted by atomic mass is 9.62. The van der Waals surface area contributed by atoms with Crippen LogP contribution in [0.3, 0.4) is 0 Å². The number of aryl methyl sites for hydroxylation is 6. The Morgan fingerprint density at radius 3 is 1.82 bits per heavy atom. The largest absolute Gasteiger partial charge is 0.310 e. The van der Waals surface area contributed by atoms with E-state index >= 15 is 0 Å². The molecular formula is C64H64N2. The van der Waals surface area contributed by atoms with Gasteiger partial charge in [0.05, 0.1) is 11.4 Å². The number of anilines is 6. The first-order valence-electron chi connectivity index (χ1n) is 24.5. The molecular weight excluding hydrogens is 797 g/mol. The Bertz CT molecular complexity index is 3090. The van der Waals surface area contributed by atoms with Crippen LogP contribution in [0.25, 0.3) is 16.7 Å². The molecule has 3 aliphatic carbocycles. The molecule has 0 saturated carbocycles. The van der Waals surface area contributed by atoms with Crippen molar-refractivity contribution in [1.29, 1.82) is 0 Å². The van der Waals surface area contributed by atoms with Gasteiger partial charge in [0.2, 0.25) is 0 Å². The van der Waals surface area contributed by atoms with Gasteiger partial charge in [0, 0.05) is 28.7 Å². The fourth-order valence-corrected chi connectivity index (χ4v) is 12.8. The van der Waals surface area contributed by atoms with Crippen LogP contribution in [0.15, 0.2) is 151 Å². The molecule has 2 nitrogen and oxygen atoms in total. The van der Waals surface area contributed by atoms with E-state index in [-0.39, 0.29) is 11.3 Å². The third kappa shape index (κ3) is 7.25. The van der Waals surface area contributed by atoms with Gasteiger partial charge in [-0.1, -0.05) is 128 Å². The minimum Gasteiger partial charge on any atom is -0.310 e. The summed E-state index contributed by atoms with van der Waals surface area (Å²) in [7, 11) is 0. The van der Waals surface area contributed by atoms with Crippen molar-refractivity contribution in [3.05, 3.63) is 217 Å². The van der Waals surface area contributed by atoms with Gasteiger partial charge in [-0.25, -0.2) is 0 Å². The van der Waals surface area contributed by atoms with Gasteiger partial charge in [-0.2, -0.15) is 0 Å². The first-order valence-corrected chi connectivity index (χ1v) is 24.5. The van der Waals surface area contributed by atoms with Crippen LogP contribution in [0.4, 0.5) is 34.1 Å². The van der Waals surface area contributed by atoms with E-state index < -0.39 is 0 Å². The van der Waals surface area contributed by atoms with Crippen molar-refractivity contribution in [2.24, 2.45) is 11.3 Å². The second kappa shape index (κ2) is 16.2. The molecule has 2 unspecified atom stereocenters.